The van der Waals surface area contributed by atoms with E-state index in [0.717, 1.165) is 24.9 Å². The number of aryl methyl sites for hydroxylation is 1. The van der Waals surface area contributed by atoms with E-state index in [2.05, 4.69) is 67.4 Å². The minimum Gasteiger partial charge on any atom is -0.339 e. The quantitative estimate of drug-likeness (QED) is 0.841. The molecule has 1 aromatic carbocycles. The van der Waals surface area contributed by atoms with Gasteiger partial charge < -0.3 is 9.84 Å². The second-order valence-corrected chi connectivity index (χ2v) is 5.79. The van der Waals surface area contributed by atoms with E-state index in [1.807, 2.05) is 0 Å². The van der Waals surface area contributed by atoms with Gasteiger partial charge in [0.15, 0.2) is 0 Å². The van der Waals surface area contributed by atoms with Crippen LogP contribution in [-0.4, -0.2) is 22.7 Å². The second-order valence-electron chi connectivity index (χ2n) is 5.79. The molecule has 0 aliphatic heterocycles. The summed E-state index contributed by atoms with van der Waals surface area (Å²) in [4.78, 5) is 4.48. The normalized spacial score (nSPS) is 12.8. The first-order valence-electron chi connectivity index (χ1n) is 7.76. The molecule has 0 saturated heterocycles. The molecule has 2 aromatic rings. The maximum atomic E-state index is 5.34. The van der Waals surface area contributed by atoms with Crippen molar-refractivity contribution in [2.75, 3.05) is 6.54 Å². The van der Waals surface area contributed by atoms with Crippen molar-refractivity contribution in [3.63, 3.8) is 0 Å². The fraction of sp³-hybridized carbons (Fsp3) is 0.529. The standard InChI is InChI=1S/C17H25N3O/c1-5-18-13(4)6-11-16-19-17(20-21-16)15-9-7-14(8-10-15)12(2)3/h7-10,12-13,18H,5-6,11H2,1-4H3. The van der Waals surface area contributed by atoms with Gasteiger partial charge in [0, 0.05) is 18.0 Å². The highest BCUT2D eigenvalue weighted by molar-refractivity contribution is 5.54. The van der Waals surface area contributed by atoms with Crippen LogP contribution in [0, 0.1) is 0 Å². The molecule has 0 bridgehead atoms. The average Bonchev–Trinajstić information content (AvgIpc) is 2.94. The van der Waals surface area contributed by atoms with Gasteiger partial charge in [-0.3, -0.25) is 0 Å². The summed E-state index contributed by atoms with van der Waals surface area (Å²) >= 11 is 0. The molecule has 21 heavy (non-hydrogen) atoms. The van der Waals surface area contributed by atoms with Crippen molar-refractivity contribution >= 4 is 0 Å². The van der Waals surface area contributed by atoms with Crippen molar-refractivity contribution < 1.29 is 4.52 Å². The van der Waals surface area contributed by atoms with Crippen molar-refractivity contribution in [2.45, 2.75) is 52.5 Å². The van der Waals surface area contributed by atoms with Gasteiger partial charge in [-0.1, -0.05) is 50.2 Å². The molecule has 4 heteroatoms. The highest BCUT2D eigenvalue weighted by atomic mass is 16.5. The van der Waals surface area contributed by atoms with Gasteiger partial charge in [0.2, 0.25) is 11.7 Å². The maximum absolute atomic E-state index is 5.34. The first kappa shape index (κ1) is 15.7. The zero-order valence-electron chi connectivity index (χ0n) is 13.4. The monoisotopic (exact) mass is 287 g/mol. The minimum atomic E-state index is 0.468. The Bertz CT molecular complexity index is 545. The zero-order chi connectivity index (χ0) is 15.2. The largest absolute Gasteiger partial charge is 0.339 e. The molecule has 0 aliphatic rings. The molecule has 0 radical (unpaired) electrons. The molecule has 114 valence electrons. The Morgan fingerprint density at radius 2 is 1.86 bits per heavy atom. The third-order valence-electron chi connectivity index (χ3n) is 3.65. The van der Waals surface area contributed by atoms with Crippen LogP contribution >= 0.6 is 0 Å². The van der Waals surface area contributed by atoms with E-state index < -0.39 is 0 Å². The molecule has 1 heterocycles. The van der Waals surface area contributed by atoms with Crippen LogP contribution in [0.1, 0.15) is 51.5 Å². The predicted octanol–water partition coefficient (Wildman–Crippen LogP) is 3.79. The van der Waals surface area contributed by atoms with E-state index in [1.165, 1.54) is 5.56 Å². The molecule has 1 unspecified atom stereocenters. The van der Waals surface area contributed by atoms with Gasteiger partial charge in [-0.25, -0.2) is 0 Å². The molecule has 0 spiro atoms. The third-order valence-corrected chi connectivity index (χ3v) is 3.65. The Morgan fingerprint density at radius 3 is 2.48 bits per heavy atom. The Morgan fingerprint density at radius 1 is 1.14 bits per heavy atom. The minimum absolute atomic E-state index is 0.468. The predicted molar refractivity (Wildman–Crippen MR) is 85.3 cm³/mol. The van der Waals surface area contributed by atoms with Crippen LogP contribution in [0.4, 0.5) is 0 Å². The summed E-state index contributed by atoms with van der Waals surface area (Å²) in [6, 6.07) is 8.85. The Balaban J connectivity index is 1.99. The van der Waals surface area contributed by atoms with E-state index in [9.17, 15) is 0 Å². The van der Waals surface area contributed by atoms with Crippen molar-refractivity contribution in [1.29, 1.82) is 0 Å². The molecule has 4 nitrogen and oxygen atoms in total. The number of hydrogen-bond acceptors (Lipinski definition) is 4. The molecular weight excluding hydrogens is 262 g/mol. The van der Waals surface area contributed by atoms with Gasteiger partial charge in [-0.2, -0.15) is 4.98 Å². The third kappa shape index (κ3) is 4.39. The highest BCUT2D eigenvalue weighted by Crippen LogP contribution is 2.20. The fourth-order valence-electron chi connectivity index (χ4n) is 2.28. The molecule has 0 aliphatic carbocycles. The van der Waals surface area contributed by atoms with Crippen molar-refractivity contribution in [1.82, 2.24) is 15.5 Å². The van der Waals surface area contributed by atoms with Crippen LogP contribution in [0.2, 0.25) is 0 Å². The van der Waals surface area contributed by atoms with E-state index in [-0.39, 0.29) is 0 Å². The first-order valence-corrected chi connectivity index (χ1v) is 7.76. The lowest BCUT2D eigenvalue weighted by Crippen LogP contribution is -2.25. The summed E-state index contributed by atoms with van der Waals surface area (Å²) < 4.78 is 5.34. The van der Waals surface area contributed by atoms with Crippen LogP contribution in [-0.2, 0) is 6.42 Å². The van der Waals surface area contributed by atoms with E-state index in [0.29, 0.717) is 23.7 Å². The van der Waals surface area contributed by atoms with Crippen molar-refractivity contribution in [3.8, 4) is 11.4 Å². The van der Waals surface area contributed by atoms with Crippen LogP contribution in [0.15, 0.2) is 28.8 Å². The molecular formula is C17H25N3O. The van der Waals surface area contributed by atoms with Gasteiger partial charge in [0.25, 0.3) is 0 Å². The lowest BCUT2D eigenvalue weighted by Gasteiger charge is -2.09. The lowest BCUT2D eigenvalue weighted by molar-refractivity contribution is 0.368. The van der Waals surface area contributed by atoms with Crippen LogP contribution in [0.3, 0.4) is 0 Å². The van der Waals surface area contributed by atoms with Crippen LogP contribution < -0.4 is 5.32 Å². The summed E-state index contributed by atoms with van der Waals surface area (Å²) in [6.07, 6.45) is 1.81. The smallest absolute Gasteiger partial charge is 0.227 e. The Kier molecular flexibility index (Phi) is 5.51. The number of nitrogens with one attached hydrogen (secondary N) is 1. The molecule has 0 amide bonds. The molecule has 0 fully saturated rings. The lowest BCUT2D eigenvalue weighted by atomic mass is 10.0. The zero-order valence-corrected chi connectivity index (χ0v) is 13.4. The summed E-state index contributed by atoms with van der Waals surface area (Å²) in [5.41, 5.74) is 2.33. The molecule has 0 saturated carbocycles. The average molecular weight is 287 g/mol. The molecule has 1 N–H and O–H groups in total. The topological polar surface area (TPSA) is 51.0 Å². The summed E-state index contributed by atoms with van der Waals surface area (Å²) in [7, 11) is 0. The molecule has 1 aromatic heterocycles. The van der Waals surface area contributed by atoms with Gasteiger partial charge in [0.1, 0.15) is 0 Å². The van der Waals surface area contributed by atoms with Gasteiger partial charge in [0.05, 0.1) is 0 Å². The summed E-state index contributed by atoms with van der Waals surface area (Å²) in [6.45, 7) is 9.64. The van der Waals surface area contributed by atoms with E-state index in [4.69, 9.17) is 4.52 Å². The van der Waals surface area contributed by atoms with Gasteiger partial charge in [-0.15, -0.1) is 0 Å². The number of rotatable bonds is 7. The Labute approximate surface area is 127 Å². The van der Waals surface area contributed by atoms with E-state index >= 15 is 0 Å². The van der Waals surface area contributed by atoms with Gasteiger partial charge in [-0.05, 0) is 31.4 Å². The van der Waals surface area contributed by atoms with Crippen LogP contribution in [0.5, 0.6) is 0 Å². The van der Waals surface area contributed by atoms with Crippen molar-refractivity contribution in [3.05, 3.63) is 35.7 Å². The number of hydrogen-bond donors (Lipinski definition) is 1. The summed E-state index contributed by atoms with van der Waals surface area (Å²) in [5, 5.41) is 7.46. The molecule has 1 atom stereocenters. The Hall–Kier alpha value is -1.68. The highest BCUT2D eigenvalue weighted by Gasteiger charge is 2.10. The fourth-order valence-corrected chi connectivity index (χ4v) is 2.28. The first-order chi connectivity index (χ1) is 10.1. The van der Waals surface area contributed by atoms with Gasteiger partial charge >= 0.3 is 0 Å². The summed E-state index contributed by atoms with van der Waals surface area (Å²) in [5.74, 6) is 1.92. The SMILES string of the molecule is CCNC(C)CCc1nc(-c2ccc(C(C)C)cc2)no1. The number of nitrogens with zero attached hydrogens (tertiary/aromatic N) is 2. The van der Waals surface area contributed by atoms with Crippen molar-refractivity contribution in [2.24, 2.45) is 0 Å². The maximum Gasteiger partial charge on any atom is 0.227 e. The second kappa shape index (κ2) is 7.36. The van der Waals surface area contributed by atoms with E-state index in [1.54, 1.807) is 0 Å². The van der Waals surface area contributed by atoms with Crippen LogP contribution in [0.25, 0.3) is 11.4 Å². The molecule has 2 rings (SSSR count). The number of benzene rings is 1. The number of aromatic nitrogens is 2.